The fraction of sp³-hybridized carbons (Fsp3) is 0.417. The summed E-state index contributed by atoms with van der Waals surface area (Å²) in [4.78, 5) is 21.8. The molecule has 0 fully saturated rings. The smallest absolute Gasteiger partial charge is 0.378 e. The molecule has 0 aliphatic heterocycles. The Bertz CT molecular complexity index is 767. The number of nitro groups is 1. The van der Waals surface area contributed by atoms with Gasteiger partial charge in [0.05, 0.1) is 19.9 Å². The van der Waals surface area contributed by atoms with Crippen LogP contribution in [0, 0.1) is 10.1 Å². The van der Waals surface area contributed by atoms with Crippen molar-refractivity contribution in [3.05, 3.63) is 30.6 Å². The molecule has 0 atom stereocenters. The number of nitrogens with one attached hydrogen (secondary N) is 1. The third kappa shape index (κ3) is 3.22. The van der Waals surface area contributed by atoms with Gasteiger partial charge in [0.15, 0.2) is 0 Å². The average Bonchev–Trinajstić information content (AvgIpc) is 2.78. The van der Waals surface area contributed by atoms with E-state index < -0.39 is 26.4 Å². The molecule has 0 aliphatic carbocycles. The van der Waals surface area contributed by atoms with E-state index in [1.165, 1.54) is 0 Å². The minimum absolute atomic E-state index is 0.00683. The minimum Gasteiger partial charge on any atom is -0.378 e. The van der Waals surface area contributed by atoms with Gasteiger partial charge in [-0.15, -0.1) is 0 Å². The SMILES string of the molecule is CCCCNc1c([N+](=O)[O-])cc(C(F)(F)F)c2sc(=O)sc12. The van der Waals surface area contributed by atoms with E-state index in [0.717, 1.165) is 6.42 Å². The second-order valence-corrected chi connectivity index (χ2v) is 6.69. The molecule has 120 valence electrons. The topological polar surface area (TPSA) is 72.2 Å². The molecule has 0 unspecified atom stereocenters. The van der Waals surface area contributed by atoms with Crippen molar-refractivity contribution in [3.63, 3.8) is 0 Å². The van der Waals surface area contributed by atoms with E-state index in [9.17, 15) is 28.1 Å². The van der Waals surface area contributed by atoms with Crippen molar-refractivity contribution in [1.82, 2.24) is 0 Å². The highest BCUT2D eigenvalue weighted by atomic mass is 32.2. The van der Waals surface area contributed by atoms with E-state index in [2.05, 4.69) is 5.32 Å². The van der Waals surface area contributed by atoms with Crippen LogP contribution in [-0.4, -0.2) is 11.5 Å². The van der Waals surface area contributed by atoms with Gasteiger partial charge in [-0.3, -0.25) is 14.9 Å². The first kappa shape index (κ1) is 16.7. The maximum absolute atomic E-state index is 13.1. The first-order valence-electron chi connectivity index (χ1n) is 6.31. The lowest BCUT2D eigenvalue weighted by molar-refractivity contribution is -0.384. The molecule has 0 radical (unpaired) electrons. The number of rotatable bonds is 5. The maximum Gasteiger partial charge on any atom is 0.418 e. The summed E-state index contributed by atoms with van der Waals surface area (Å²) >= 11 is 1.05. The Hall–Kier alpha value is -1.68. The van der Waals surface area contributed by atoms with Gasteiger partial charge in [0, 0.05) is 12.6 Å². The van der Waals surface area contributed by atoms with E-state index in [-0.39, 0.29) is 15.1 Å². The van der Waals surface area contributed by atoms with Gasteiger partial charge in [0.2, 0.25) is 0 Å². The van der Waals surface area contributed by atoms with E-state index in [0.29, 0.717) is 41.7 Å². The predicted molar refractivity (Wildman–Crippen MR) is 81.0 cm³/mol. The number of nitrogens with zero attached hydrogens (tertiary/aromatic N) is 1. The van der Waals surface area contributed by atoms with Crippen molar-refractivity contribution >= 4 is 43.4 Å². The molecule has 10 heteroatoms. The lowest BCUT2D eigenvalue weighted by Crippen LogP contribution is -2.09. The van der Waals surface area contributed by atoms with Gasteiger partial charge in [-0.1, -0.05) is 36.0 Å². The lowest BCUT2D eigenvalue weighted by atomic mass is 10.1. The third-order valence-electron chi connectivity index (χ3n) is 2.92. The zero-order valence-corrected chi connectivity index (χ0v) is 13.0. The normalized spacial score (nSPS) is 11.8. The largest absolute Gasteiger partial charge is 0.418 e. The zero-order chi connectivity index (χ0) is 16.5. The van der Waals surface area contributed by atoms with Crippen LogP contribution in [0.2, 0.25) is 0 Å². The first-order chi connectivity index (χ1) is 10.3. The lowest BCUT2D eigenvalue weighted by Gasteiger charge is -2.12. The molecule has 0 aliphatic rings. The van der Waals surface area contributed by atoms with Crippen LogP contribution in [0.25, 0.3) is 9.40 Å². The van der Waals surface area contributed by atoms with Crippen molar-refractivity contribution in [2.45, 2.75) is 25.9 Å². The molecule has 1 aromatic heterocycles. The van der Waals surface area contributed by atoms with Crippen LogP contribution in [-0.2, 0) is 6.18 Å². The van der Waals surface area contributed by atoms with Crippen LogP contribution in [0.1, 0.15) is 25.3 Å². The molecule has 1 aromatic carbocycles. The fourth-order valence-electron chi connectivity index (χ4n) is 1.93. The Balaban J connectivity index is 2.74. The highest BCUT2D eigenvalue weighted by Crippen LogP contribution is 2.45. The molecule has 0 bridgehead atoms. The molecular weight excluding hydrogens is 341 g/mol. The van der Waals surface area contributed by atoms with Crippen molar-refractivity contribution in [2.24, 2.45) is 0 Å². The number of hydrogen-bond acceptors (Lipinski definition) is 6. The molecule has 2 rings (SSSR count). The molecule has 0 saturated carbocycles. The fourth-order valence-corrected chi connectivity index (χ4v) is 4.14. The second kappa shape index (κ2) is 6.21. The highest BCUT2D eigenvalue weighted by Gasteiger charge is 2.37. The summed E-state index contributed by atoms with van der Waals surface area (Å²) in [5.74, 6) is 0. The summed E-state index contributed by atoms with van der Waals surface area (Å²) in [5, 5.41) is 13.9. The van der Waals surface area contributed by atoms with Crippen LogP contribution in [0.5, 0.6) is 0 Å². The summed E-state index contributed by atoms with van der Waals surface area (Å²) in [6.45, 7) is 2.30. The summed E-state index contributed by atoms with van der Waals surface area (Å²) in [6, 6.07) is 0.499. The summed E-state index contributed by atoms with van der Waals surface area (Å²) in [5.41, 5.74) is -1.81. The first-order valence-corrected chi connectivity index (χ1v) is 7.95. The number of unbranched alkanes of at least 4 members (excludes halogenated alkanes) is 1. The van der Waals surface area contributed by atoms with Crippen LogP contribution in [0.4, 0.5) is 24.5 Å². The Morgan fingerprint density at radius 2 is 1.95 bits per heavy atom. The Labute approximate surface area is 130 Å². The van der Waals surface area contributed by atoms with Crippen LogP contribution >= 0.6 is 22.7 Å². The Morgan fingerprint density at radius 1 is 1.32 bits per heavy atom. The van der Waals surface area contributed by atoms with Crippen molar-refractivity contribution < 1.29 is 18.1 Å². The van der Waals surface area contributed by atoms with Gasteiger partial charge in [-0.2, -0.15) is 13.2 Å². The van der Waals surface area contributed by atoms with Gasteiger partial charge in [-0.05, 0) is 6.42 Å². The number of halogens is 3. The van der Waals surface area contributed by atoms with Crippen LogP contribution < -0.4 is 9.37 Å². The van der Waals surface area contributed by atoms with E-state index >= 15 is 0 Å². The summed E-state index contributed by atoms with van der Waals surface area (Å²) in [7, 11) is 0. The van der Waals surface area contributed by atoms with Crippen LogP contribution in [0.3, 0.4) is 0 Å². The molecule has 22 heavy (non-hydrogen) atoms. The number of anilines is 1. The van der Waals surface area contributed by atoms with Crippen molar-refractivity contribution in [2.75, 3.05) is 11.9 Å². The molecule has 0 spiro atoms. The second-order valence-electron chi connectivity index (χ2n) is 4.47. The number of alkyl halides is 3. The molecule has 2 aromatic rings. The van der Waals surface area contributed by atoms with Gasteiger partial charge in [0.25, 0.3) is 9.74 Å². The molecule has 5 nitrogen and oxygen atoms in total. The number of benzene rings is 1. The number of hydrogen-bond donors (Lipinski definition) is 1. The third-order valence-corrected chi connectivity index (χ3v) is 5.12. The average molecular weight is 352 g/mol. The molecule has 1 heterocycles. The Kier molecular flexibility index (Phi) is 4.71. The number of nitro benzene ring substituents is 1. The highest BCUT2D eigenvalue weighted by molar-refractivity contribution is 7.36. The summed E-state index contributed by atoms with van der Waals surface area (Å²) < 4.78 is 38.4. The van der Waals surface area contributed by atoms with Gasteiger partial charge in [0.1, 0.15) is 5.69 Å². The van der Waals surface area contributed by atoms with Crippen LogP contribution in [0.15, 0.2) is 10.9 Å². The zero-order valence-electron chi connectivity index (χ0n) is 11.3. The van der Waals surface area contributed by atoms with E-state index in [1.807, 2.05) is 6.92 Å². The molecular formula is C12H11F3N2O3S2. The monoisotopic (exact) mass is 352 g/mol. The Morgan fingerprint density at radius 3 is 2.50 bits per heavy atom. The van der Waals surface area contributed by atoms with E-state index in [1.54, 1.807) is 0 Å². The minimum atomic E-state index is -4.75. The predicted octanol–water partition coefficient (Wildman–Crippen LogP) is 4.46. The van der Waals surface area contributed by atoms with Gasteiger partial charge >= 0.3 is 6.18 Å². The molecule has 1 N–H and O–H groups in total. The standard InChI is InChI=1S/C12H11F3N2O3S2/c1-2-3-4-16-8-7(17(19)20)5-6(12(13,14)15)9-10(8)22-11(18)21-9/h5,16H,2-4H2,1H3. The van der Waals surface area contributed by atoms with E-state index in [4.69, 9.17) is 0 Å². The van der Waals surface area contributed by atoms with Gasteiger partial charge < -0.3 is 5.32 Å². The van der Waals surface area contributed by atoms with Crippen molar-refractivity contribution in [1.29, 1.82) is 0 Å². The van der Waals surface area contributed by atoms with Crippen molar-refractivity contribution in [3.8, 4) is 0 Å². The number of fused-ring (bicyclic) bond motifs is 1. The quantitative estimate of drug-likeness (QED) is 0.490. The maximum atomic E-state index is 13.1. The molecule has 0 amide bonds. The summed E-state index contributed by atoms with van der Waals surface area (Å²) in [6.07, 6.45) is -3.22. The van der Waals surface area contributed by atoms with Gasteiger partial charge in [-0.25, -0.2) is 0 Å². The molecule has 0 saturated heterocycles.